The third-order valence-corrected chi connectivity index (χ3v) is 4.33. The van der Waals surface area contributed by atoms with E-state index >= 15 is 0 Å². The van der Waals surface area contributed by atoms with Crippen LogP contribution in [0.3, 0.4) is 0 Å². The fourth-order valence-electron chi connectivity index (χ4n) is 3.32. The van der Waals surface area contributed by atoms with Crippen LogP contribution in [0.15, 0.2) is 40.6 Å². The van der Waals surface area contributed by atoms with Gasteiger partial charge >= 0.3 is 0 Å². The second-order valence-corrected chi connectivity index (χ2v) is 7.07. The molecular weight excluding hydrogens is 290 g/mol. The molecule has 23 heavy (non-hydrogen) atoms. The van der Waals surface area contributed by atoms with Crippen molar-refractivity contribution in [2.24, 2.45) is 16.3 Å². The van der Waals surface area contributed by atoms with E-state index in [-0.39, 0.29) is 11.2 Å². The molecule has 1 aromatic carbocycles. The summed E-state index contributed by atoms with van der Waals surface area (Å²) in [6.07, 6.45) is 1.88. The lowest BCUT2D eigenvalue weighted by molar-refractivity contribution is -0.118. The standard InChI is InChI=1S/C18H21N3O2/c1-11-8-13-15(9-18(2,3)10-16(13)22)21(20-11)14-7-5-4-6-12(14)17(19)23/h4-7H,8-10H2,1-3H3,(H2,19,23). The van der Waals surface area contributed by atoms with Crippen LogP contribution in [0.1, 0.15) is 50.4 Å². The summed E-state index contributed by atoms with van der Waals surface area (Å²) in [5.74, 6) is -0.324. The normalized spacial score (nSPS) is 20.2. The van der Waals surface area contributed by atoms with Gasteiger partial charge in [-0.3, -0.25) is 9.59 Å². The third-order valence-electron chi connectivity index (χ3n) is 4.33. The van der Waals surface area contributed by atoms with Crippen molar-refractivity contribution in [2.45, 2.75) is 40.0 Å². The maximum Gasteiger partial charge on any atom is 0.250 e. The van der Waals surface area contributed by atoms with E-state index in [4.69, 9.17) is 5.73 Å². The van der Waals surface area contributed by atoms with Crippen molar-refractivity contribution >= 4 is 23.1 Å². The Hall–Kier alpha value is -2.43. The van der Waals surface area contributed by atoms with Crippen LogP contribution >= 0.6 is 0 Å². The highest BCUT2D eigenvalue weighted by atomic mass is 16.1. The molecule has 120 valence electrons. The van der Waals surface area contributed by atoms with Crippen LogP contribution in [-0.2, 0) is 4.79 Å². The van der Waals surface area contributed by atoms with Crippen molar-refractivity contribution in [2.75, 3.05) is 5.01 Å². The number of ketones is 1. The Morgan fingerprint density at radius 3 is 2.65 bits per heavy atom. The Kier molecular flexibility index (Phi) is 3.59. The van der Waals surface area contributed by atoms with E-state index in [2.05, 4.69) is 18.9 Å². The van der Waals surface area contributed by atoms with Gasteiger partial charge in [0.15, 0.2) is 5.78 Å². The van der Waals surface area contributed by atoms with Gasteiger partial charge in [0, 0.05) is 24.1 Å². The lowest BCUT2D eigenvalue weighted by Gasteiger charge is -2.39. The van der Waals surface area contributed by atoms with Crippen molar-refractivity contribution < 1.29 is 9.59 Å². The minimum atomic E-state index is -0.498. The minimum Gasteiger partial charge on any atom is -0.366 e. The predicted octanol–water partition coefficient (Wildman–Crippen LogP) is 3.01. The van der Waals surface area contributed by atoms with E-state index in [1.807, 2.05) is 19.1 Å². The molecular formula is C18H21N3O2. The maximum absolute atomic E-state index is 12.6. The first kappa shape index (κ1) is 15.5. The number of nitrogens with zero attached hydrogens (tertiary/aromatic N) is 2. The van der Waals surface area contributed by atoms with E-state index in [1.54, 1.807) is 17.1 Å². The smallest absolute Gasteiger partial charge is 0.250 e. The summed E-state index contributed by atoms with van der Waals surface area (Å²) in [4.78, 5) is 24.3. The van der Waals surface area contributed by atoms with Crippen LogP contribution < -0.4 is 10.7 Å². The summed E-state index contributed by atoms with van der Waals surface area (Å²) in [6.45, 7) is 6.06. The molecule has 1 aliphatic carbocycles. The molecule has 1 aromatic rings. The molecule has 3 rings (SSSR count). The number of primary amides is 1. The van der Waals surface area contributed by atoms with Crippen LogP contribution in [0.25, 0.3) is 0 Å². The highest BCUT2D eigenvalue weighted by molar-refractivity contribution is 6.06. The number of rotatable bonds is 2. The number of hydrogen-bond donors (Lipinski definition) is 1. The van der Waals surface area contributed by atoms with Crippen LogP contribution in [0.5, 0.6) is 0 Å². The van der Waals surface area contributed by atoms with Gasteiger partial charge in [-0.25, -0.2) is 5.01 Å². The highest BCUT2D eigenvalue weighted by Crippen LogP contribution is 2.43. The van der Waals surface area contributed by atoms with Crippen molar-refractivity contribution in [1.82, 2.24) is 0 Å². The molecule has 5 heteroatoms. The maximum atomic E-state index is 12.6. The molecule has 1 aliphatic heterocycles. The summed E-state index contributed by atoms with van der Waals surface area (Å²) >= 11 is 0. The largest absolute Gasteiger partial charge is 0.366 e. The molecule has 0 atom stereocenters. The molecule has 0 bridgehead atoms. The van der Waals surface area contributed by atoms with Crippen LogP contribution in [0, 0.1) is 5.41 Å². The molecule has 0 spiro atoms. The fourth-order valence-corrected chi connectivity index (χ4v) is 3.32. The number of benzene rings is 1. The van der Waals surface area contributed by atoms with Gasteiger partial charge in [-0.15, -0.1) is 0 Å². The van der Waals surface area contributed by atoms with Gasteiger partial charge in [0.2, 0.25) is 0 Å². The zero-order chi connectivity index (χ0) is 16.8. The van der Waals surface area contributed by atoms with Gasteiger partial charge in [0.05, 0.1) is 16.9 Å². The van der Waals surface area contributed by atoms with Crippen LogP contribution in [0.2, 0.25) is 0 Å². The molecule has 0 saturated heterocycles. The number of para-hydroxylation sites is 1. The first-order valence-electron chi connectivity index (χ1n) is 7.77. The monoisotopic (exact) mass is 311 g/mol. The number of amides is 1. The Labute approximate surface area is 135 Å². The number of anilines is 1. The number of hydrogen-bond acceptors (Lipinski definition) is 4. The van der Waals surface area contributed by atoms with Crippen LogP contribution in [-0.4, -0.2) is 17.4 Å². The lowest BCUT2D eigenvalue weighted by Crippen LogP contribution is -2.36. The van der Waals surface area contributed by atoms with E-state index in [9.17, 15) is 9.59 Å². The molecule has 1 amide bonds. The van der Waals surface area contributed by atoms with E-state index in [0.717, 1.165) is 23.4 Å². The third kappa shape index (κ3) is 2.79. The fraction of sp³-hybridized carbons (Fsp3) is 0.389. The zero-order valence-electron chi connectivity index (χ0n) is 13.7. The summed E-state index contributed by atoms with van der Waals surface area (Å²) in [5, 5.41) is 6.36. The summed E-state index contributed by atoms with van der Waals surface area (Å²) in [6, 6.07) is 7.12. The SMILES string of the molecule is CC1=NN(c2ccccc2C(N)=O)C2=C(C1)C(=O)CC(C)(C)C2. The second kappa shape index (κ2) is 5.33. The van der Waals surface area contributed by atoms with E-state index in [0.29, 0.717) is 24.1 Å². The number of allylic oxidation sites excluding steroid dienone is 2. The summed E-state index contributed by atoms with van der Waals surface area (Å²) in [5.41, 5.74) is 9.01. The molecule has 5 nitrogen and oxygen atoms in total. The Balaban J connectivity index is 2.16. The number of nitrogens with two attached hydrogens (primary N) is 1. The summed E-state index contributed by atoms with van der Waals surface area (Å²) in [7, 11) is 0. The molecule has 1 heterocycles. The molecule has 2 aliphatic rings. The average molecular weight is 311 g/mol. The first-order chi connectivity index (χ1) is 10.8. The lowest BCUT2D eigenvalue weighted by atomic mass is 9.74. The van der Waals surface area contributed by atoms with Gasteiger partial charge in [0.1, 0.15) is 0 Å². The van der Waals surface area contributed by atoms with Crippen molar-refractivity contribution in [3.8, 4) is 0 Å². The van der Waals surface area contributed by atoms with Gasteiger partial charge < -0.3 is 5.73 Å². The number of carbonyl (C=O) groups excluding carboxylic acids is 2. The molecule has 0 radical (unpaired) electrons. The first-order valence-corrected chi connectivity index (χ1v) is 7.77. The molecule has 2 N–H and O–H groups in total. The van der Waals surface area contributed by atoms with Gasteiger partial charge in [0.25, 0.3) is 5.91 Å². The van der Waals surface area contributed by atoms with Crippen LogP contribution in [0.4, 0.5) is 5.69 Å². The Morgan fingerprint density at radius 1 is 1.26 bits per heavy atom. The quantitative estimate of drug-likeness (QED) is 0.912. The van der Waals surface area contributed by atoms with Crippen molar-refractivity contribution in [3.63, 3.8) is 0 Å². The second-order valence-electron chi connectivity index (χ2n) is 7.07. The molecule has 0 fully saturated rings. The summed E-state index contributed by atoms with van der Waals surface area (Å²) < 4.78 is 0. The molecule has 0 aromatic heterocycles. The van der Waals surface area contributed by atoms with Gasteiger partial charge in [-0.2, -0.15) is 5.10 Å². The minimum absolute atomic E-state index is 0.114. The Morgan fingerprint density at radius 2 is 1.96 bits per heavy atom. The van der Waals surface area contributed by atoms with Crippen molar-refractivity contribution in [1.29, 1.82) is 0 Å². The van der Waals surface area contributed by atoms with E-state index in [1.165, 1.54) is 0 Å². The topological polar surface area (TPSA) is 75.8 Å². The average Bonchev–Trinajstić information content (AvgIpc) is 2.46. The van der Waals surface area contributed by atoms with Crippen molar-refractivity contribution in [3.05, 3.63) is 41.1 Å². The Bertz CT molecular complexity index is 759. The predicted molar refractivity (Wildman–Crippen MR) is 90.2 cm³/mol. The van der Waals surface area contributed by atoms with Gasteiger partial charge in [-0.05, 0) is 30.9 Å². The molecule has 0 unspecified atom stereocenters. The molecule has 0 saturated carbocycles. The van der Waals surface area contributed by atoms with E-state index < -0.39 is 5.91 Å². The van der Waals surface area contributed by atoms with Gasteiger partial charge in [-0.1, -0.05) is 26.0 Å². The number of carbonyl (C=O) groups is 2. The highest BCUT2D eigenvalue weighted by Gasteiger charge is 2.38. The number of Topliss-reactive ketones (excluding diaryl/α,β-unsaturated/α-hetero) is 1. The number of hydrazone groups is 1. The zero-order valence-corrected chi connectivity index (χ0v) is 13.7.